The van der Waals surface area contributed by atoms with Crippen LogP contribution in [0.25, 0.3) is 93.6 Å². The Hall–Kier alpha value is -6.98. The van der Waals surface area contributed by atoms with Crippen molar-refractivity contribution in [1.29, 1.82) is 0 Å². The summed E-state index contributed by atoms with van der Waals surface area (Å²) in [5.74, 6) is 0. The molecule has 2 aliphatic rings. The minimum atomic E-state index is -0.184. The van der Waals surface area contributed by atoms with Gasteiger partial charge in [0.15, 0.2) is 7.28 Å². The van der Waals surface area contributed by atoms with Crippen molar-refractivity contribution in [3.63, 3.8) is 0 Å². The zero-order valence-electron chi connectivity index (χ0n) is 37.7. The zero-order chi connectivity index (χ0) is 43.6. The lowest BCUT2D eigenvalue weighted by atomic mass is 9.58. The molecule has 0 saturated heterocycles. The van der Waals surface area contributed by atoms with E-state index in [0.29, 0.717) is 0 Å². The highest BCUT2D eigenvalue weighted by Crippen LogP contribution is 2.53. The van der Waals surface area contributed by atoms with E-state index >= 15 is 0 Å². The summed E-state index contributed by atoms with van der Waals surface area (Å²) in [5, 5.41) is 11.0. The quantitative estimate of drug-likeness (QED) is 0.180. The molecule has 0 unspecified atom stereocenters. The average Bonchev–Trinajstić information content (AvgIpc) is 3.98. The highest BCUT2D eigenvalue weighted by Gasteiger charge is 2.38. The van der Waals surface area contributed by atoms with Gasteiger partial charge in [-0.3, -0.25) is 0 Å². The molecule has 1 aliphatic carbocycles. The number of anilines is 2. The van der Waals surface area contributed by atoms with E-state index in [1.807, 2.05) is 6.07 Å². The number of nitrogens with one attached hydrogen (secondary N) is 1. The molecule has 13 rings (SSSR count). The van der Waals surface area contributed by atoms with Crippen LogP contribution in [0.5, 0.6) is 0 Å². The Morgan fingerprint density at radius 1 is 0.500 bits per heavy atom. The van der Waals surface area contributed by atoms with Crippen molar-refractivity contribution < 1.29 is 8.83 Å². The van der Waals surface area contributed by atoms with Crippen LogP contribution in [0, 0.1) is 0 Å². The fourth-order valence-corrected chi connectivity index (χ4v) is 11.2. The van der Waals surface area contributed by atoms with Crippen molar-refractivity contribution in [3.05, 3.63) is 162 Å². The predicted molar refractivity (Wildman–Crippen MR) is 272 cm³/mol. The highest BCUT2D eigenvalue weighted by atomic mass is 16.3. The lowest BCUT2D eigenvalue weighted by Crippen LogP contribution is -2.37. The second kappa shape index (κ2) is 12.6. The molecule has 0 saturated carbocycles. The zero-order valence-corrected chi connectivity index (χ0v) is 37.7. The van der Waals surface area contributed by atoms with Gasteiger partial charge in [0.25, 0.3) is 0 Å². The average molecular weight is 829 g/mol. The largest absolute Gasteiger partial charge is 0.456 e. The summed E-state index contributed by atoms with van der Waals surface area (Å²) < 4.78 is 15.6. The Labute approximate surface area is 373 Å². The van der Waals surface area contributed by atoms with Crippen molar-refractivity contribution in [2.75, 3.05) is 5.32 Å². The molecule has 3 aromatic heterocycles. The Balaban J connectivity index is 1.10. The van der Waals surface area contributed by atoms with Crippen molar-refractivity contribution in [2.24, 2.45) is 0 Å². The van der Waals surface area contributed by atoms with Gasteiger partial charge >= 0.3 is 0 Å². The fraction of sp³-hybridized carbons (Fsp3) is 0.186. The SMILES string of the molecule is CC(C)(C)c1ccc(Nc2cc3c(cc2-c2ccc4c5cc6c(cc5n5c4c2Bc2cc4c(cc2-5)oc2ccccc24)oc2ccccc26)C(C)(C)c2ccc(C(C)(C)C)cc2-3)cc1. The first-order chi connectivity index (χ1) is 30.7. The maximum atomic E-state index is 6.57. The summed E-state index contributed by atoms with van der Waals surface area (Å²) in [7, 11) is 0.780. The van der Waals surface area contributed by atoms with Crippen LogP contribution in [0.15, 0.2) is 148 Å². The van der Waals surface area contributed by atoms with Crippen LogP contribution in [0.3, 0.4) is 0 Å². The van der Waals surface area contributed by atoms with E-state index in [0.717, 1.165) is 73.7 Å². The molecule has 64 heavy (non-hydrogen) atoms. The number of fused-ring (bicyclic) bond motifs is 14. The molecule has 0 spiro atoms. The molecule has 310 valence electrons. The normalized spacial score (nSPS) is 14.2. The number of para-hydroxylation sites is 2. The van der Waals surface area contributed by atoms with Crippen molar-refractivity contribution in [3.8, 4) is 27.9 Å². The third-order valence-corrected chi connectivity index (χ3v) is 14.7. The van der Waals surface area contributed by atoms with Crippen LogP contribution in [0.2, 0.25) is 0 Å². The van der Waals surface area contributed by atoms with Crippen molar-refractivity contribution in [2.45, 2.75) is 71.6 Å². The number of hydrogen-bond acceptors (Lipinski definition) is 3. The first-order valence-corrected chi connectivity index (χ1v) is 22.8. The minimum Gasteiger partial charge on any atom is -0.456 e. The molecule has 0 radical (unpaired) electrons. The molecule has 1 aliphatic heterocycles. The summed E-state index contributed by atoms with van der Waals surface area (Å²) >= 11 is 0. The summed E-state index contributed by atoms with van der Waals surface area (Å²) in [6.45, 7) is 18.6. The van der Waals surface area contributed by atoms with Crippen molar-refractivity contribution >= 4 is 95.3 Å². The molecule has 5 heteroatoms. The number of hydrogen-bond donors (Lipinski definition) is 1. The Bertz CT molecular complexity index is 3820. The lowest BCUT2D eigenvalue weighted by molar-refractivity contribution is 0.589. The third kappa shape index (κ3) is 5.24. The molecule has 11 aromatic rings. The molecule has 0 amide bonds. The van der Waals surface area contributed by atoms with E-state index in [1.165, 1.54) is 71.7 Å². The lowest BCUT2D eigenvalue weighted by Gasteiger charge is -2.26. The summed E-state index contributed by atoms with van der Waals surface area (Å²) in [4.78, 5) is 0. The van der Waals surface area contributed by atoms with E-state index in [2.05, 4.69) is 199 Å². The van der Waals surface area contributed by atoms with E-state index in [9.17, 15) is 0 Å². The molecule has 0 fully saturated rings. The van der Waals surface area contributed by atoms with E-state index in [-0.39, 0.29) is 16.2 Å². The van der Waals surface area contributed by atoms with E-state index in [1.54, 1.807) is 0 Å². The van der Waals surface area contributed by atoms with Crippen LogP contribution in [-0.4, -0.2) is 11.8 Å². The first kappa shape index (κ1) is 37.6. The van der Waals surface area contributed by atoms with Gasteiger partial charge in [0.05, 0.1) is 5.52 Å². The molecule has 0 bridgehead atoms. The Morgan fingerprint density at radius 2 is 1.14 bits per heavy atom. The Kier molecular flexibility index (Phi) is 7.40. The van der Waals surface area contributed by atoms with Crippen molar-refractivity contribution in [1.82, 2.24) is 4.57 Å². The number of nitrogens with zero attached hydrogens (tertiary/aromatic N) is 1. The Morgan fingerprint density at radius 3 is 1.84 bits per heavy atom. The number of aromatic nitrogens is 1. The molecular weight excluding hydrogens is 779 g/mol. The van der Waals surface area contributed by atoms with Gasteiger partial charge in [0.1, 0.15) is 22.3 Å². The highest BCUT2D eigenvalue weighted by molar-refractivity contribution is 6.73. The summed E-state index contributed by atoms with van der Waals surface area (Å²) in [6.07, 6.45) is 0. The maximum absolute atomic E-state index is 6.57. The fourth-order valence-electron chi connectivity index (χ4n) is 11.2. The topological polar surface area (TPSA) is 43.2 Å². The van der Waals surface area contributed by atoms with Gasteiger partial charge in [-0.15, -0.1) is 0 Å². The number of furan rings is 2. The maximum Gasteiger partial charge on any atom is 0.198 e. The molecule has 4 heterocycles. The second-order valence-electron chi connectivity index (χ2n) is 21.1. The van der Waals surface area contributed by atoms with E-state index < -0.39 is 0 Å². The van der Waals surface area contributed by atoms with Gasteiger partial charge in [-0.05, 0) is 97.7 Å². The number of rotatable bonds is 3. The summed E-state index contributed by atoms with van der Waals surface area (Å²) in [6, 6.07) is 52.0. The van der Waals surface area contributed by atoms with Crippen LogP contribution in [0.4, 0.5) is 11.4 Å². The molecule has 8 aromatic carbocycles. The van der Waals surface area contributed by atoms with Gasteiger partial charge in [0.2, 0.25) is 0 Å². The molecular formula is C59H49BN2O2. The molecule has 0 atom stereocenters. The van der Waals surface area contributed by atoms with Crippen LogP contribution < -0.4 is 16.2 Å². The monoisotopic (exact) mass is 828 g/mol. The van der Waals surface area contributed by atoms with Crippen LogP contribution in [0.1, 0.15) is 77.6 Å². The van der Waals surface area contributed by atoms with Gasteiger partial charge in [-0.25, -0.2) is 0 Å². The van der Waals surface area contributed by atoms with Gasteiger partial charge in [0, 0.05) is 78.0 Å². The minimum absolute atomic E-state index is 0.0363. The standard InChI is InChI=1S/C59H49BN2O2/c1-57(2,3)32-17-20-34(21-18-32)61-48-29-40-39-25-33(58(4,5)6)19-24-45(39)59(7,8)46(40)27-41(48)37-22-23-38-42-26-43-35-13-9-11-15-51(35)63-53(43)30-49(42)62-50-31-54-44(28-47(50)60-55(37)56(38)62)36-14-10-12-16-52(36)64-54/h9-31,60-61H,1-8H3. The molecule has 4 nitrogen and oxygen atoms in total. The van der Waals surface area contributed by atoms with Gasteiger partial charge in [-0.2, -0.15) is 0 Å². The second-order valence-corrected chi connectivity index (χ2v) is 21.1. The first-order valence-electron chi connectivity index (χ1n) is 22.8. The van der Waals surface area contributed by atoms with Crippen LogP contribution in [-0.2, 0) is 16.2 Å². The van der Waals surface area contributed by atoms with E-state index in [4.69, 9.17) is 8.83 Å². The summed E-state index contributed by atoms with van der Waals surface area (Å²) in [5.41, 5.74) is 22.4. The van der Waals surface area contributed by atoms with Gasteiger partial charge < -0.3 is 18.7 Å². The molecule has 1 N–H and O–H groups in total. The van der Waals surface area contributed by atoms with Crippen LogP contribution >= 0.6 is 0 Å². The smallest absolute Gasteiger partial charge is 0.198 e. The van der Waals surface area contributed by atoms with Gasteiger partial charge in [-0.1, -0.05) is 146 Å². The predicted octanol–water partition coefficient (Wildman–Crippen LogP) is 14.6. The third-order valence-electron chi connectivity index (χ3n) is 14.7. The number of benzene rings is 8.